The molecule has 0 aliphatic carbocycles. The summed E-state index contributed by atoms with van der Waals surface area (Å²) in [5.41, 5.74) is 0.743. The molecule has 3 rings (SSSR count). The fourth-order valence-electron chi connectivity index (χ4n) is 2.34. The number of aryl methyl sites for hydroxylation is 1. The summed E-state index contributed by atoms with van der Waals surface area (Å²) in [6, 6.07) is 13.5. The zero-order valence-corrected chi connectivity index (χ0v) is 16.0. The molecule has 0 spiro atoms. The van der Waals surface area contributed by atoms with E-state index in [1.807, 2.05) is 11.8 Å². The minimum absolute atomic E-state index is 0.0320. The first-order valence-electron chi connectivity index (χ1n) is 8.33. The average Bonchev–Trinajstić information content (AvgIpc) is 2.69. The Morgan fingerprint density at radius 2 is 1.76 bits per heavy atom. The quantitative estimate of drug-likeness (QED) is 0.360. The minimum atomic E-state index is -3.89. The van der Waals surface area contributed by atoms with E-state index >= 15 is 0 Å². The molecule has 29 heavy (non-hydrogen) atoms. The molecule has 0 unspecified atom stereocenters. The van der Waals surface area contributed by atoms with Crippen molar-refractivity contribution < 1.29 is 18.1 Å². The van der Waals surface area contributed by atoms with Gasteiger partial charge in [-0.1, -0.05) is 17.7 Å². The summed E-state index contributed by atoms with van der Waals surface area (Å²) in [5.74, 6) is 0.821. The Morgan fingerprint density at radius 1 is 1.07 bits per heavy atom. The van der Waals surface area contributed by atoms with E-state index in [9.17, 15) is 18.5 Å². The largest absolute Gasteiger partial charge is 0.457 e. The van der Waals surface area contributed by atoms with E-state index in [1.54, 1.807) is 36.7 Å². The van der Waals surface area contributed by atoms with E-state index in [-0.39, 0.29) is 16.1 Å². The fraction of sp³-hybridized carbons (Fsp3) is 0.0526. The molecule has 0 amide bonds. The van der Waals surface area contributed by atoms with Crippen molar-refractivity contribution in [2.45, 2.75) is 11.8 Å². The number of nitro groups is 1. The molecule has 0 fully saturated rings. The van der Waals surface area contributed by atoms with Crippen LogP contribution in [0.3, 0.4) is 0 Å². The number of nitrogens with zero attached hydrogens (tertiary/aromatic N) is 3. The first kappa shape index (κ1) is 20.0. The van der Waals surface area contributed by atoms with Gasteiger partial charge < -0.3 is 4.74 Å². The molecule has 1 aromatic heterocycles. The van der Waals surface area contributed by atoms with E-state index in [4.69, 9.17) is 4.74 Å². The predicted octanol–water partition coefficient (Wildman–Crippen LogP) is 3.40. The third-order valence-electron chi connectivity index (χ3n) is 3.79. The van der Waals surface area contributed by atoms with Gasteiger partial charge in [0.15, 0.2) is 0 Å². The van der Waals surface area contributed by atoms with Crippen LogP contribution in [0.4, 0.5) is 5.69 Å². The van der Waals surface area contributed by atoms with Crippen LogP contribution in [0.15, 0.2) is 77.0 Å². The molecule has 1 N–H and O–H groups in total. The lowest BCUT2D eigenvalue weighted by molar-refractivity contribution is -0.385. The zero-order chi connectivity index (χ0) is 20.9. The Bertz CT molecular complexity index is 1150. The van der Waals surface area contributed by atoms with Crippen LogP contribution in [0.25, 0.3) is 0 Å². The lowest BCUT2D eigenvalue weighted by atomic mass is 10.2. The summed E-state index contributed by atoms with van der Waals surface area (Å²) in [7, 11) is -3.89. The summed E-state index contributed by atoms with van der Waals surface area (Å²) in [4.78, 5) is 16.6. The molecule has 0 saturated heterocycles. The Hall–Kier alpha value is -3.79. The molecule has 0 saturated carbocycles. The van der Waals surface area contributed by atoms with Gasteiger partial charge in [0, 0.05) is 18.5 Å². The van der Waals surface area contributed by atoms with Crippen molar-refractivity contribution >= 4 is 21.9 Å². The van der Waals surface area contributed by atoms with Gasteiger partial charge >= 0.3 is 0 Å². The Labute approximate surface area is 166 Å². The summed E-state index contributed by atoms with van der Waals surface area (Å²) >= 11 is 0. The number of nitrogens with one attached hydrogen (secondary N) is 1. The monoisotopic (exact) mass is 412 g/mol. The molecule has 148 valence electrons. The van der Waals surface area contributed by atoms with Gasteiger partial charge in [0.25, 0.3) is 15.7 Å². The SMILES string of the molecule is Cc1ccc(S(=O)(=O)NN=Cc2cc(Oc3ccncc3)ccc2[N+](=O)[O-])cc1. The van der Waals surface area contributed by atoms with Gasteiger partial charge in [-0.25, -0.2) is 4.83 Å². The van der Waals surface area contributed by atoms with Crippen LogP contribution >= 0.6 is 0 Å². The molecule has 0 aliphatic rings. The van der Waals surface area contributed by atoms with Gasteiger partial charge in [0.2, 0.25) is 0 Å². The summed E-state index contributed by atoms with van der Waals surface area (Å²) in [5, 5.41) is 14.9. The van der Waals surface area contributed by atoms with E-state index < -0.39 is 14.9 Å². The number of pyridine rings is 1. The molecule has 3 aromatic rings. The highest BCUT2D eigenvalue weighted by atomic mass is 32.2. The number of aromatic nitrogens is 1. The topological polar surface area (TPSA) is 124 Å². The standard InChI is InChI=1S/C19H16N4O5S/c1-14-2-5-18(6-3-14)29(26,27)22-21-13-15-12-17(4-7-19(15)23(24)25)28-16-8-10-20-11-9-16/h2-13,22H,1H3. The number of ether oxygens (including phenoxy) is 1. The number of hydrogen-bond acceptors (Lipinski definition) is 7. The molecule has 0 bridgehead atoms. The number of hydrazone groups is 1. The first-order valence-corrected chi connectivity index (χ1v) is 9.81. The second-order valence-corrected chi connectivity index (χ2v) is 7.59. The summed E-state index contributed by atoms with van der Waals surface area (Å²) in [6.07, 6.45) is 4.15. The maximum absolute atomic E-state index is 12.3. The van der Waals surface area contributed by atoms with E-state index in [0.717, 1.165) is 11.8 Å². The van der Waals surface area contributed by atoms with E-state index in [1.165, 1.54) is 30.3 Å². The van der Waals surface area contributed by atoms with Crippen LogP contribution in [-0.4, -0.2) is 24.5 Å². The van der Waals surface area contributed by atoms with Gasteiger partial charge in [-0.05, 0) is 43.3 Å². The van der Waals surface area contributed by atoms with Crippen molar-refractivity contribution in [1.82, 2.24) is 9.82 Å². The van der Waals surface area contributed by atoms with Gasteiger partial charge in [-0.3, -0.25) is 15.1 Å². The van der Waals surface area contributed by atoms with Gasteiger partial charge in [0.05, 0.1) is 21.6 Å². The van der Waals surface area contributed by atoms with Crippen molar-refractivity contribution in [1.29, 1.82) is 0 Å². The molecular weight excluding hydrogens is 396 g/mol. The second kappa shape index (κ2) is 8.48. The molecule has 2 aromatic carbocycles. The van der Waals surface area contributed by atoms with Crippen molar-refractivity contribution in [3.63, 3.8) is 0 Å². The first-order chi connectivity index (χ1) is 13.8. The molecule has 9 nitrogen and oxygen atoms in total. The maximum atomic E-state index is 12.3. The lowest BCUT2D eigenvalue weighted by Gasteiger charge is -2.07. The summed E-state index contributed by atoms with van der Waals surface area (Å²) in [6.45, 7) is 1.84. The molecule has 0 aliphatic heterocycles. The maximum Gasteiger partial charge on any atom is 0.278 e. The molecule has 0 radical (unpaired) electrons. The Balaban J connectivity index is 1.83. The van der Waals surface area contributed by atoms with Crippen molar-refractivity contribution in [3.8, 4) is 11.5 Å². The van der Waals surface area contributed by atoms with Crippen LogP contribution in [0, 0.1) is 17.0 Å². The highest BCUT2D eigenvalue weighted by Gasteiger charge is 2.15. The van der Waals surface area contributed by atoms with Gasteiger partial charge in [-0.2, -0.15) is 13.5 Å². The normalized spacial score (nSPS) is 11.3. The van der Waals surface area contributed by atoms with Gasteiger partial charge in [0.1, 0.15) is 11.5 Å². The lowest BCUT2D eigenvalue weighted by Crippen LogP contribution is -2.18. The second-order valence-electron chi connectivity index (χ2n) is 5.93. The molecule has 1 heterocycles. The fourth-order valence-corrected chi connectivity index (χ4v) is 3.13. The Kier molecular flexibility index (Phi) is 5.84. The van der Waals surface area contributed by atoms with Crippen LogP contribution in [0.1, 0.15) is 11.1 Å². The van der Waals surface area contributed by atoms with Gasteiger partial charge in [-0.15, -0.1) is 0 Å². The van der Waals surface area contributed by atoms with Crippen molar-refractivity contribution in [2.24, 2.45) is 5.10 Å². The smallest absolute Gasteiger partial charge is 0.278 e. The van der Waals surface area contributed by atoms with Crippen LogP contribution in [-0.2, 0) is 10.0 Å². The number of sulfonamides is 1. The van der Waals surface area contributed by atoms with Crippen LogP contribution in [0.5, 0.6) is 11.5 Å². The molecular formula is C19H16N4O5S. The number of hydrogen-bond donors (Lipinski definition) is 1. The highest BCUT2D eigenvalue weighted by molar-refractivity contribution is 7.89. The average molecular weight is 412 g/mol. The van der Waals surface area contributed by atoms with Crippen molar-refractivity contribution in [2.75, 3.05) is 0 Å². The third kappa shape index (κ3) is 5.14. The van der Waals surface area contributed by atoms with E-state index in [2.05, 4.69) is 10.1 Å². The molecule has 0 atom stereocenters. The van der Waals surface area contributed by atoms with Crippen LogP contribution < -0.4 is 9.57 Å². The summed E-state index contributed by atoms with van der Waals surface area (Å²) < 4.78 is 30.2. The van der Waals surface area contributed by atoms with Crippen molar-refractivity contribution in [3.05, 3.63) is 88.2 Å². The number of nitro benzene ring substituents is 1. The zero-order valence-electron chi connectivity index (χ0n) is 15.2. The number of rotatable bonds is 7. The number of benzene rings is 2. The molecule has 10 heteroatoms. The van der Waals surface area contributed by atoms with Crippen LogP contribution in [0.2, 0.25) is 0 Å². The van der Waals surface area contributed by atoms with E-state index in [0.29, 0.717) is 11.5 Å². The Morgan fingerprint density at radius 3 is 2.41 bits per heavy atom. The third-order valence-corrected chi connectivity index (χ3v) is 5.03. The highest BCUT2D eigenvalue weighted by Crippen LogP contribution is 2.26. The predicted molar refractivity (Wildman–Crippen MR) is 107 cm³/mol. The minimum Gasteiger partial charge on any atom is -0.457 e.